The molecule has 31 atom stereocenters. The Balaban J connectivity index is 0.849. The lowest BCUT2D eigenvalue weighted by Crippen LogP contribution is -2.67. The van der Waals surface area contributed by atoms with Crippen molar-refractivity contribution in [2.45, 2.75) is 233 Å². The lowest BCUT2D eigenvalue weighted by molar-refractivity contribution is -0.389. The highest BCUT2D eigenvalue weighted by Gasteiger charge is 2.68. The number of aliphatic hydroxyl groups excluding tert-OH is 13. The van der Waals surface area contributed by atoms with Crippen LogP contribution < -0.4 is 0 Å². The van der Waals surface area contributed by atoms with Crippen LogP contribution in [0, 0.1) is 46.3 Å². The van der Waals surface area contributed by atoms with E-state index in [1.54, 1.807) is 0 Å². The SMILES string of the molecule is C[C@H](CC[C@@]1(O)O[C@H]2C[C@H]3[C@@H]4CC=C5C[C@@H](O[C@H]6O[C@@H](CO)[C@@H](O[C@@H]7O[C@H](CO)[C@@H](O)[C@H](O)[C@H]7O)[C@H](O)[C@H]6O[C@@H]6O[C@@H](C)[C@H](O)[C@H](O)[C@@H]6O)CC[C@]5(C)[C@H]4CC[C@]3(C)[C@H]2[C@@H]1C)CO[C@@H]1O[C@H](CO)[C@@H](O)[C@@H](O)[C@H]1O. The Morgan fingerprint density at radius 2 is 1.22 bits per heavy atom. The van der Waals surface area contributed by atoms with Crippen LogP contribution in [0.5, 0.6) is 0 Å². The predicted molar refractivity (Wildman–Crippen MR) is 250 cm³/mol. The second-order valence-corrected chi connectivity index (χ2v) is 23.8. The summed E-state index contributed by atoms with van der Waals surface area (Å²) >= 11 is 0. The first-order valence-electron chi connectivity index (χ1n) is 26.9. The van der Waals surface area contributed by atoms with Gasteiger partial charge in [-0.3, -0.25) is 0 Å². The lowest BCUT2D eigenvalue weighted by Gasteiger charge is -2.58. The fraction of sp³-hybridized carbons (Fsp3) is 0.961. The van der Waals surface area contributed by atoms with Crippen LogP contribution in [-0.4, -0.2) is 239 Å². The summed E-state index contributed by atoms with van der Waals surface area (Å²) in [5, 5.41) is 148. The van der Waals surface area contributed by atoms with Gasteiger partial charge in [-0.25, -0.2) is 0 Å². The summed E-state index contributed by atoms with van der Waals surface area (Å²) in [6, 6.07) is 0. The molecule has 0 aromatic carbocycles. The largest absolute Gasteiger partial charge is 0.394 e. The van der Waals surface area contributed by atoms with Crippen LogP contribution in [0.25, 0.3) is 0 Å². The molecule has 74 heavy (non-hydrogen) atoms. The van der Waals surface area contributed by atoms with Crippen molar-refractivity contribution in [2.75, 3.05) is 26.4 Å². The molecule has 3 saturated carbocycles. The summed E-state index contributed by atoms with van der Waals surface area (Å²) in [7, 11) is 0. The fourth-order valence-corrected chi connectivity index (χ4v) is 15.0. The van der Waals surface area contributed by atoms with E-state index in [4.69, 9.17) is 42.6 Å². The third-order valence-corrected chi connectivity index (χ3v) is 19.5. The van der Waals surface area contributed by atoms with Crippen LogP contribution in [0.4, 0.5) is 0 Å². The van der Waals surface area contributed by atoms with Gasteiger partial charge in [0.2, 0.25) is 0 Å². The van der Waals surface area contributed by atoms with Gasteiger partial charge in [0, 0.05) is 12.3 Å². The van der Waals surface area contributed by atoms with Crippen LogP contribution in [0.2, 0.25) is 0 Å². The summed E-state index contributed by atoms with van der Waals surface area (Å²) in [6.07, 6.45) is -22.1. The number of hydrogen-bond acceptors (Lipinski definition) is 23. The molecular formula is C51H84O23. The highest BCUT2D eigenvalue weighted by Crippen LogP contribution is 2.70. The number of ether oxygens (including phenoxy) is 9. The monoisotopic (exact) mass is 1060 g/mol. The molecule has 0 spiro atoms. The molecule has 5 saturated heterocycles. The molecule has 5 heterocycles. The summed E-state index contributed by atoms with van der Waals surface area (Å²) < 4.78 is 54.4. The summed E-state index contributed by atoms with van der Waals surface area (Å²) in [5.74, 6) is -0.310. The molecule has 9 rings (SSSR count). The Morgan fingerprint density at radius 1 is 0.635 bits per heavy atom. The van der Waals surface area contributed by atoms with E-state index < -0.39 is 155 Å². The summed E-state index contributed by atoms with van der Waals surface area (Å²) in [4.78, 5) is 0. The molecule has 5 aliphatic heterocycles. The maximum atomic E-state index is 12.1. The molecule has 9 aliphatic rings. The first kappa shape index (κ1) is 57.5. The van der Waals surface area contributed by atoms with Crippen LogP contribution in [0.15, 0.2) is 11.6 Å². The van der Waals surface area contributed by atoms with Gasteiger partial charge < -0.3 is 114 Å². The highest BCUT2D eigenvalue weighted by molar-refractivity contribution is 5.26. The molecule has 0 unspecified atom stereocenters. The molecule has 0 aromatic heterocycles. The molecule has 4 aliphatic carbocycles. The van der Waals surface area contributed by atoms with Gasteiger partial charge in [-0.1, -0.05) is 39.3 Å². The van der Waals surface area contributed by atoms with Crippen molar-refractivity contribution in [2.24, 2.45) is 46.3 Å². The smallest absolute Gasteiger partial charge is 0.187 e. The van der Waals surface area contributed by atoms with Gasteiger partial charge in [0.15, 0.2) is 30.9 Å². The van der Waals surface area contributed by atoms with Crippen molar-refractivity contribution in [3.8, 4) is 0 Å². The van der Waals surface area contributed by atoms with E-state index in [-0.39, 0.29) is 41.3 Å². The van der Waals surface area contributed by atoms with Crippen molar-refractivity contribution in [3.05, 3.63) is 11.6 Å². The molecular weight excluding hydrogens is 981 g/mol. The predicted octanol–water partition coefficient (Wildman–Crippen LogP) is -3.01. The minimum Gasteiger partial charge on any atom is -0.394 e. The average molecular weight is 1070 g/mol. The maximum absolute atomic E-state index is 12.1. The quantitative estimate of drug-likeness (QED) is 0.0727. The van der Waals surface area contributed by atoms with Gasteiger partial charge in [-0.05, 0) is 98.7 Å². The van der Waals surface area contributed by atoms with Crippen molar-refractivity contribution >= 4 is 0 Å². The topological polar surface area (TPSA) is 366 Å². The van der Waals surface area contributed by atoms with Crippen LogP contribution in [0.3, 0.4) is 0 Å². The molecule has 0 aromatic rings. The van der Waals surface area contributed by atoms with Crippen LogP contribution in [-0.2, 0) is 42.6 Å². The first-order valence-corrected chi connectivity index (χ1v) is 26.9. The molecule has 23 nitrogen and oxygen atoms in total. The van der Waals surface area contributed by atoms with Gasteiger partial charge >= 0.3 is 0 Å². The number of allylic oxidation sites excluding steroid dienone is 1. The van der Waals surface area contributed by atoms with Gasteiger partial charge in [-0.2, -0.15) is 0 Å². The number of fused-ring (bicyclic) bond motifs is 7. The average Bonchev–Trinajstić information content (AvgIpc) is 3.82. The van der Waals surface area contributed by atoms with E-state index in [0.29, 0.717) is 43.4 Å². The summed E-state index contributed by atoms with van der Waals surface area (Å²) in [5.41, 5.74) is 1.02. The highest BCUT2D eigenvalue weighted by atomic mass is 16.8. The van der Waals surface area contributed by atoms with Crippen molar-refractivity contribution in [3.63, 3.8) is 0 Å². The second kappa shape index (κ2) is 22.4. The van der Waals surface area contributed by atoms with E-state index in [9.17, 15) is 71.5 Å². The molecule has 426 valence electrons. The van der Waals surface area contributed by atoms with E-state index >= 15 is 0 Å². The van der Waals surface area contributed by atoms with E-state index in [1.807, 2.05) is 6.92 Å². The van der Waals surface area contributed by atoms with Crippen LogP contribution >= 0.6 is 0 Å². The standard InChI is InChI=1S/C51H84O23/c1-20(19-66-45-39(61)37(59)34(56)29(16-52)69-45)8-13-51(65)21(2)32-28(74-51)15-27-25-7-6-23-14-24(9-11-49(23,4)26(25)10-12-50(27,32)5)68-48-44(73-46-40(62)36(58)33(55)22(3)67-46)42(64)43(31(18-54)71-48)72-47-41(63)38(60)35(57)30(17-53)70-47/h6,20-22,24-48,52-65H,7-19H2,1-5H3/t20-,21+,22+,24+,25-,26+,27+,28+,29-,30-,31+,32+,33+,34-,35-,36+,37-,38+,39-,40+,41-,42+,43-,44-,45-,46+,47+,48+,49+,50+,51-/m1/s1. The van der Waals surface area contributed by atoms with Gasteiger partial charge in [0.1, 0.15) is 91.6 Å². The molecule has 23 heteroatoms. The molecule has 0 radical (unpaired) electrons. The Labute approximate surface area is 430 Å². The minimum atomic E-state index is -1.85. The zero-order valence-corrected chi connectivity index (χ0v) is 42.9. The number of hydrogen-bond donors (Lipinski definition) is 14. The normalized spacial score (nSPS) is 54.9. The Hall–Kier alpha value is -1.18. The third-order valence-electron chi connectivity index (χ3n) is 19.5. The summed E-state index contributed by atoms with van der Waals surface area (Å²) in [6.45, 7) is 8.35. The number of aliphatic hydroxyl groups is 14. The molecule has 0 amide bonds. The van der Waals surface area contributed by atoms with Gasteiger partial charge in [0.25, 0.3) is 0 Å². The fourth-order valence-electron chi connectivity index (χ4n) is 15.0. The van der Waals surface area contributed by atoms with Gasteiger partial charge in [-0.15, -0.1) is 0 Å². The van der Waals surface area contributed by atoms with Crippen molar-refractivity contribution in [1.29, 1.82) is 0 Å². The van der Waals surface area contributed by atoms with Crippen molar-refractivity contribution < 1.29 is 114 Å². The zero-order valence-electron chi connectivity index (χ0n) is 42.9. The van der Waals surface area contributed by atoms with E-state index in [2.05, 4.69) is 26.8 Å². The van der Waals surface area contributed by atoms with Crippen molar-refractivity contribution in [1.82, 2.24) is 0 Å². The zero-order chi connectivity index (χ0) is 53.5. The molecule has 8 fully saturated rings. The Bertz CT molecular complexity index is 1920. The second-order valence-electron chi connectivity index (χ2n) is 23.8. The van der Waals surface area contributed by atoms with Gasteiger partial charge in [0.05, 0.1) is 44.7 Å². The molecule has 14 N–H and O–H groups in total. The van der Waals surface area contributed by atoms with E-state index in [1.165, 1.54) is 12.5 Å². The Kier molecular flexibility index (Phi) is 17.4. The molecule has 0 bridgehead atoms. The minimum absolute atomic E-state index is 0.0705. The number of rotatable bonds is 15. The van der Waals surface area contributed by atoms with E-state index in [0.717, 1.165) is 32.1 Å². The third kappa shape index (κ3) is 10.2. The van der Waals surface area contributed by atoms with Crippen LogP contribution in [0.1, 0.15) is 92.4 Å². The first-order chi connectivity index (χ1) is 35.0. The maximum Gasteiger partial charge on any atom is 0.187 e. The Morgan fingerprint density at radius 3 is 1.86 bits per heavy atom. The lowest BCUT2D eigenvalue weighted by atomic mass is 9.47.